The Labute approximate surface area is 170 Å². The van der Waals surface area contributed by atoms with Gasteiger partial charge in [-0.1, -0.05) is 36.8 Å². The van der Waals surface area contributed by atoms with Crippen molar-refractivity contribution in [1.82, 2.24) is 40.0 Å². The predicted molar refractivity (Wildman–Crippen MR) is 109 cm³/mol. The number of rotatable bonds is 6. The van der Waals surface area contributed by atoms with Gasteiger partial charge in [0.25, 0.3) is 0 Å². The second kappa shape index (κ2) is 8.42. The topological polar surface area (TPSA) is 78.8 Å². The summed E-state index contributed by atoms with van der Waals surface area (Å²) in [6.07, 6.45) is 8.95. The van der Waals surface area contributed by atoms with Crippen LogP contribution in [0.15, 0.2) is 42.7 Å². The predicted octanol–water partition coefficient (Wildman–Crippen LogP) is 2.09. The third kappa shape index (κ3) is 3.95. The van der Waals surface area contributed by atoms with Crippen LogP contribution in [0.1, 0.15) is 48.9 Å². The normalized spacial score (nSPS) is 20.3. The largest absolute Gasteiger partial charge is 0.347 e. The van der Waals surface area contributed by atoms with E-state index in [4.69, 9.17) is 0 Å². The van der Waals surface area contributed by atoms with Crippen molar-refractivity contribution in [3.63, 3.8) is 0 Å². The van der Waals surface area contributed by atoms with Crippen molar-refractivity contribution in [3.05, 3.63) is 59.9 Å². The highest BCUT2D eigenvalue weighted by molar-refractivity contribution is 5.17. The molecule has 1 N–H and O–H groups in total. The molecule has 1 aliphatic heterocycles. The molecule has 1 atom stereocenters. The molecule has 8 nitrogen and oxygen atoms in total. The van der Waals surface area contributed by atoms with E-state index < -0.39 is 0 Å². The van der Waals surface area contributed by atoms with Crippen molar-refractivity contribution < 1.29 is 0 Å². The van der Waals surface area contributed by atoms with Gasteiger partial charge in [0.05, 0.1) is 6.54 Å². The molecular formula is C21H28N8. The molecule has 29 heavy (non-hydrogen) atoms. The van der Waals surface area contributed by atoms with Gasteiger partial charge in [-0.2, -0.15) is 0 Å². The second-order valence-electron chi connectivity index (χ2n) is 8.07. The third-order valence-electron chi connectivity index (χ3n) is 6.28. The lowest BCUT2D eigenvalue weighted by Crippen LogP contribution is -2.42. The van der Waals surface area contributed by atoms with Crippen LogP contribution in [0.2, 0.25) is 0 Å². The molecule has 0 spiro atoms. The SMILES string of the molecule is c1ccc(Cn2nnnc2C(c2ncc[nH]2)N2CCCN(C3CCC3)CC2)cc1. The Morgan fingerprint density at radius 2 is 1.93 bits per heavy atom. The molecule has 5 rings (SSSR count). The van der Waals surface area contributed by atoms with Gasteiger partial charge in [-0.15, -0.1) is 5.10 Å². The van der Waals surface area contributed by atoms with E-state index in [1.807, 2.05) is 35.3 Å². The number of H-pyrrole nitrogens is 1. The Bertz CT molecular complexity index is 887. The van der Waals surface area contributed by atoms with Crippen LogP contribution in [0.25, 0.3) is 0 Å². The van der Waals surface area contributed by atoms with Gasteiger partial charge in [-0.05, 0) is 41.8 Å². The molecule has 1 aromatic carbocycles. The first kappa shape index (κ1) is 18.4. The summed E-state index contributed by atoms with van der Waals surface area (Å²) in [4.78, 5) is 13.1. The van der Waals surface area contributed by atoms with E-state index in [1.165, 1.54) is 31.4 Å². The molecule has 1 saturated carbocycles. The van der Waals surface area contributed by atoms with Gasteiger partial charge in [0.2, 0.25) is 0 Å². The maximum Gasteiger partial charge on any atom is 0.176 e. The number of nitrogens with one attached hydrogen (secondary N) is 1. The molecule has 8 heteroatoms. The van der Waals surface area contributed by atoms with E-state index in [0.717, 1.165) is 43.7 Å². The molecule has 0 amide bonds. The maximum atomic E-state index is 4.59. The van der Waals surface area contributed by atoms with Crippen LogP contribution in [0.4, 0.5) is 0 Å². The Kier molecular flexibility index (Phi) is 5.36. The first-order valence-electron chi connectivity index (χ1n) is 10.7. The van der Waals surface area contributed by atoms with Gasteiger partial charge in [-0.25, -0.2) is 9.67 Å². The first-order valence-corrected chi connectivity index (χ1v) is 10.7. The van der Waals surface area contributed by atoms with Crippen molar-refractivity contribution >= 4 is 0 Å². The standard InChI is InChI=1S/C21H28N8/c1-2-6-17(7-3-1)16-29-21(24-25-26-29)19(20-22-10-11-23-20)28-13-5-12-27(14-15-28)18-8-4-9-18/h1-3,6-7,10-11,18-19H,4-5,8-9,12-16H2,(H,22,23). The third-order valence-corrected chi connectivity index (χ3v) is 6.28. The first-order chi connectivity index (χ1) is 14.4. The van der Waals surface area contributed by atoms with Crippen molar-refractivity contribution in [2.45, 2.75) is 44.3 Å². The molecule has 0 radical (unpaired) electrons. The number of benzene rings is 1. The lowest BCUT2D eigenvalue weighted by Gasteiger charge is -2.37. The molecule has 1 aliphatic carbocycles. The van der Waals surface area contributed by atoms with E-state index in [2.05, 4.69) is 47.4 Å². The quantitative estimate of drug-likeness (QED) is 0.692. The highest BCUT2D eigenvalue weighted by Crippen LogP contribution is 2.29. The molecule has 2 fully saturated rings. The van der Waals surface area contributed by atoms with Crippen LogP contribution in [0, 0.1) is 0 Å². The number of nitrogens with zero attached hydrogens (tertiary/aromatic N) is 7. The van der Waals surface area contributed by atoms with Crippen molar-refractivity contribution in [3.8, 4) is 0 Å². The Morgan fingerprint density at radius 3 is 2.69 bits per heavy atom. The van der Waals surface area contributed by atoms with Crippen molar-refractivity contribution in [2.24, 2.45) is 0 Å². The average Bonchev–Trinajstić information content (AvgIpc) is 3.33. The maximum absolute atomic E-state index is 4.59. The highest BCUT2D eigenvalue weighted by Gasteiger charge is 2.33. The Hall–Kier alpha value is -2.58. The fourth-order valence-electron chi connectivity index (χ4n) is 4.49. The summed E-state index contributed by atoms with van der Waals surface area (Å²) in [5.41, 5.74) is 1.19. The van der Waals surface area contributed by atoms with Crippen LogP contribution in [-0.2, 0) is 6.54 Å². The summed E-state index contributed by atoms with van der Waals surface area (Å²) in [6.45, 7) is 4.96. The zero-order valence-electron chi connectivity index (χ0n) is 16.7. The summed E-state index contributed by atoms with van der Waals surface area (Å²) in [6, 6.07) is 11.1. The van der Waals surface area contributed by atoms with Crippen molar-refractivity contribution in [1.29, 1.82) is 0 Å². The number of tetrazole rings is 1. The molecule has 3 aromatic rings. The van der Waals surface area contributed by atoms with Crippen LogP contribution < -0.4 is 0 Å². The van der Waals surface area contributed by atoms with Gasteiger partial charge < -0.3 is 4.98 Å². The summed E-state index contributed by atoms with van der Waals surface area (Å²) >= 11 is 0. The smallest absolute Gasteiger partial charge is 0.176 e. The lowest BCUT2D eigenvalue weighted by atomic mass is 9.91. The molecular weight excluding hydrogens is 364 g/mol. The summed E-state index contributed by atoms with van der Waals surface area (Å²) in [5.74, 6) is 1.76. The molecule has 2 aliphatic rings. The van der Waals surface area contributed by atoms with E-state index >= 15 is 0 Å². The van der Waals surface area contributed by atoms with E-state index in [9.17, 15) is 0 Å². The van der Waals surface area contributed by atoms with Gasteiger partial charge in [0, 0.05) is 38.1 Å². The summed E-state index contributed by atoms with van der Waals surface area (Å²) < 4.78 is 1.91. The molecule has 1 saturated heterocycles. The molecule has 152 valence electrons. The second-order valence-corrected chi connectivity index (χ2v) is 8.07. The van der Waals surface area contributed by atoms with Crippen LogP contribution in [0.5, 0.6) is 0 Å². The monoisotopic (exact) mass is 392 g/mol. The molecule has 3 heterocycles. The minimum absolute atomic E-state index is 0.0648. The number of hydrogen-bond acceptors (Lipinski definition) is 6. The minimum Gasteiger partial charge on any atom is -0.347 e. The van der Waals surface area contributed by atoms with Crippen LogP contribution >= 0.6 is 0 Å². The fourth-order valence-corrected chi connectivity index (χ4v) is 4.49. The van der Waals surface area contributed by atoms with E-state index in [-0.39, 0.29) is 6.04 Å². The van der Waals surface area contributed by atoms with Crippen LogP contribution in [0.3, 0.4) is 0 Å². The number of aromatic amines is 1. The zero-order valence-corrected chi connectivity index (χ0v) is 16.7. The Balaban J connectivity index is 1.41. The number of hydrogen-bond donors (Lipinski definition) is 1. The average molecular weight is 393 g/mol. The summed E-state index contributed by atoms with van der Waals surface area (Å²) in [7, 11) is 0. The highest BCUT2D eigenvalue weighted by atomic mass is 15.6. The van der Waals surface area contributed by atoms with E-state index in [1.54, 1.807) is 0 Å². The van der Waals surface area contributed by atoms with Crippen LogP contribution in [-0.4, -0.2) is 72.2 Å². The minimum atomic E-state index is -0.0648. The van der Waals surface area contributed by atoms with Gasteiger partial charge >= 0.3 is 0 Å². The van der Waals surface area contributed by atoms with Gasteiger partial charge in [0.15, 0.2) is 5.82 Å². The summed E-state index contributed by atoms with van der Waals surface area (Å²) in [5, 5.41) is 12.8. The molecule has 2 aromatic heterocycles. The molecule has 0 bridgehead atoms. The van der Waals surface area contributed by atoms with Crippen molar-refractivity contribution in [2.75, 3.05) is 26.2 Å². The fraction of sp³-hybridized carbons (Fsp3) is 0.524. The number of aromatic nitrogens is 6. The van der Waals surface area contributed by atoms with E-state index in [0.29, 0.717) is 6.54 Å². The zero-order chi connectivity index (χ0) is 19.5. The van der Waals surface area contributed by atoms with Gasteiger partial charge in [0.1, 0.15) is 11.9 Å². The molecule has 1 unspecified atom stereocenters. The Morgan fingerprint density at radius 1 is 1.03 bits per heavy atom. The lowest BCUT2D eigenvalue weighted by molar-refractivity contribution is 0.127. The number of imidazole rings is 1. The van der Waals surface area contributed by atoms with Gasteiger partial charge in [-0.3, -0.25) is 9.80 Å².